The summed E-state index contributed by atoms with van der Waals surface area (Å²) < 4.78 is 4.92. The Hall–Kier alpha value is -2.04. The fraction of sp³-hybridized carbons (Fsp3) is 0.467. The van der Waals surface area contributed by atoms with Crippen LogP contribution in [-0.2, 0) is 14.3 Å². The van der Waals surface area contributed by atoms with Crippen LogP contribution in [0, 0.1) is 12.8 Å². The highest BCUT2D eigenvalue weighted by atomic mass is 16.5. The van der Waals surface area contributed by atoms with Crippen molar-refractivity contribution in [2.75, 3.05) is 6.61 Å². The molecular weight excluding hydrogens is 258 g/mol. The van der Waals surface area contributed by atoms with Gasteiger partial charge >= 0.3 is 5.97 Å². The third-order valence-electron chi connectivity index (χ3n) is 2.92. The molecule has 5 heteroatoms. The molecule has 0 N–H and O–H groups in total. The van der Waals surface area contributed by atoms with Gasteiger partial charge in [0.05, 0.1) is 12.5 Å². The maximum absolute atomic E-state index is 12.3. The molecule has 0 radical (unpaired) electrons. The molecule has 0 amide bonds. The predicted molar refractivity (Wildman–Crippen MR) is 73.3 cm³/mol. The fourth-order valence-corrected chi connectivity index (χ4v) is 1.80. The second kappa shape index (κ2) is 7.53. The molecule has 1 unspecified atom stereocenters. The van der Waals surface area contributed by atoms with Gasteiger partial charge < -0.3 is 4.74 Å². The van der Waals surface area contributed by atoms with E-state index in [-0.39, 0.29) is 37.0 Å². The van der Waals surface area contributed by atoms with E-state index in [1.165, 1.54) is 13.1 Å². The molecule has 1 atom stereocenters. The number of ether oxygens (including phenoxy) is 1. The molecular formula is C15H19NO4. The van der Waals surface area contributed by atoms with Gasteiger partial charge in [-0.2, -0.15) is 0 Å². The Balaban J connectivity index is 2.73. The van der Waals surface area contributed by atoms with Crippen molar-refractivity contribution in [1.82, 2.24) is 4.98 Å². The van der Waals surface area contributed by atoms with Gasteiger partial charge in [-0.05, 0) is 31.9 Å². The van der Waals surface area contributed by atoms with Crippen molar-refractivity contribution in [3.63, 3.8) is 0 Å². The molecule has 0 aromatic carbocycles. The van der Waals surface area contributed by atoms with Crippen LogP contribution in [0.1, 0.15) is 42.6 Å². The summed E-state index contributed by atoms with van der Waals surface area (Å²) in [6, 6.07) is 1.70. The minimum atomic E-state index is -0.789. The number of hydrogen-bond acceptors (Lipinski definition) is 5. The summed E-state index contributed by atoms with van der Waals surface area (Å²) in [5.41, 5.74) is 1.27. The van der Waals surface area contributed by atoms with Crippen LogP contribution in [-0.4, -0.2) is 29.1 Å². The first-order chi connectivity index (χ1) is 9.45. The van der Waals surface area contributed by atoms with Gasteiger partial charge in [0.2, 0.25) is 0 Å². The molecule has 108 valence electrons. The molecule has 0 aliphatic carbocycles. The number of carbonyl (C=O) groups excluding carboxylic acids is 3. The molecule has 1 aromatic heterocycles. The maximum atomic E-state index is 12.3. The van der Waals surface area contributed by atoms with Gasteiger partial charge in [0.15, 0.2) is 5.78 Å². The molecule has 0 aliphatic rings. The molecule has 20 heavy (non-hydrogen) atoms. The lowest BCUT2D eigenvalue weighted by atomic mass is 9.92. The average molecular weight is 277 g/mol. The summed E-state index contributed by atoms with van der Waals surface area (Å²) in [5.74, 6) is -1.63. The predicted octanol–water partition coefficient (Wildman–Crippen LogP) is 2.12. The van der Waals surface area contributed by atoms with Crippen LogP contribution in [0.15, 0.2) is 18.5 Å². The van der Waals surface area contributed by atoms with Gasteiger partial charge in [-0.1, -0.05) is 6.92 Å². The summed E-state index contributed by atoms with van der Waals surface area (Å²) in [7, 11) is 0. The van der Waals surface area contributed by atoms with Crippen molar-refractivity contribution in [1.29, 1.82) is 0 Å². The molecule has 0 spiro atoms. The Bertz CT molecular complexity index is 510. The second-order valence-corrected chi connectivity index (χ2v) is 4.64. The molecule has 0 bridgehead atoms. The van der Waals surface area contributed by atoms with E-state index in [1.54, 1.807) is 19.2 Å². The summed E-state index contributed by atoms with van der Waals surface area (Å²) >= 11 is 0. The van der Waals surface area contributed by atoms with Crippen molar-refractivity contribution in [3.05, 3.63) is 29.6 Å². The van der Waals surface area contributed by atoms with E-state index < -0.39 is 5.92 Å². The monoisotopic (exact) mass is 277 g/mol. The van der Waals surface area contributed by atoms with Gasteiger partial charge in [0.1, 0.15) is 5.78 Å². The first kappa shape index (κ1) is 16.0. The van der Waals surface area contributed by atoms with Crippen molar-refractivity contribution in [3.8, 4) is 0 Å². The summed E-state index contributed by atoms with van der Waals surface area (Å²) in [4.78, 5) is 38.9. The lowest BCUT2D eigenvalue weighted by molar-refractivity contribution is -0.144. The fourth-order valence-electron chi connectivity index (χ4n) is 1.80. The quantitative estimate of drug-likeness (QED) is 0.433. The average Bonchev–Trinajstić information content (AvgIpc) is 2.42. The normalized spacial score (nSPS) is 11.8. The number of ketones is 2. The van der Waals surface area contributed by atoms with Crippen LogP contribution >= 0.6 is 0 Å². The zero-order valence-electron chi connectivity index (χ0n) is 12.0. The van der Waals surface area contributed by atoms with E-state index in [2.05, 4.69) is 4.98 Å². The van der Waals surface area contributed by atoms with Crippen LogP contribution < -0.4 is 0 Å². The Morgan fingerprint density at radius 2 is 2.00 bits per heavy atom. The number of nitrogens with zero attached hydrogens (tertiary/aromatic N) is 1. The summed E-state index contributed by atoms with van der Waals surface area (Å²) in [6.45, 7) is 4.96. The smallest absolute Gasteiger partial charge is 0.305 e. The zero-order chi connectivity index (χ0) is 15.1. The molecule has 0 fully saturated rings. The van der Waals surface area contributed by atoms with E-state index in [0.29, 0.717) is 5.56 Å². The molecule has 1 rings (SSSR count). The lowest BCUT2D eigenvalue weighted by Crippen LogP contribution is -2.24. The summed E-state index contributed by atoms with van der Waals surface area (Å²) in [6.07, 6.45) is 3.57. The van der Waals surface area contributed by atoms with Crippen LogP contribution in [0.25, 0.3) is 0 Å². The van der Waals surface area contributed by atoms with Gasteiger partial charge in [0.25, 0.3) is 0 Å². The number of Topliss-reactive ketones (excluding diaryl/α,β-unsaturated/α-hetero) is 2. The summed E-state index contributed by atoms with van der Waals surface area (Å²) in [5, 5.41) is 0. The Labute approximate surface area is 118 Å². The number of hydrogen-bond donors (Lipinski definition) is 0. The molecule has 5 nitrogen and oxygen atoms in total. The van der Waals surface area contributed by atoms with Crippen LogP contribution in [0.3, 0.4) is 0 Å². The van der Waals surface area contributed by atoms with Gasteiger partial charge in [-0.25, -0.2) is 0 Å². The van der Waals surface area contributed by atoms with Crippen LogP contribution in [0.2, 0.25) is 0 Å². The zero-order valence-corrected chi connectivity index (χ0v) is 12.0. The van der Waals surface area contributed by atoms with Crippen LogP contribution in [0.4, 0.5) is 0 Å². The highest BCUT2D eigenvalue weighted by Crippen LogP contribution is 2.14. The van der Waals surface area contributed by atoms with Crippen molar-refractivity contribution in [2.24, 2.45) is 5.92 Å². The SMILES string of the molecule is CCC(=O)OCCC(C(C)=O)C(=O)c1cncc(C)c1. The van der Waals surface area contributed by atoms with Gasteiger partial charge in [-0.3, -0.25) is 19.4 Å². The molecule has 0 saturated heterocycles. The number of aromatic nitrogens is 1. The largest absolute Gasteiger partial charge is 0.466 e. The third-order valence-corrected chi connectivity index (χ3v) is 2.92. The minimum Gasteiger partial charge on any atom is -0.466 e. The Morgan fingerprint density at radius 3 is 2.55 bits per heavy atom. The molecule has 0 saturated carbocycles. The molecule has 1 aromatic rings. The van der Waals surface area contributed by atoms with E-state index in [9.17, 15) is 14.4 Å². The maximum Gasteiger partial charge on any atom is 0.305 e. The number of pyridine rings is 1. The Kier molecular flexibility index (Phi) is 6.03. The first-order valence-corrected chi connectivity index (χ1v) is 6.57. The van der Waals surface area contributed by atoms with Gasteiger partial charge in [-0.15, -0.1) is 0 Å². The van der Waals surface area contributed by atoms with Crippen molar-refractivity contribution in [2.45, 2.75) is 33.6 Å². The first-order valence-electron chi connectivity index (χ1n) is 6.57. The molecule has 1 heterocycles. The number of carbonyl (C=O) groups is 3. The van der Waals surface area contributed by atoms with E-state index in [1.807, 2.05) is 6.92 Å². The van der Waals surface area contributed by atoms with Gasteiger partial charge in [0, 0.05) is 24.4 Å². The van der Waals surface area contributed by atoms with E-state index >= 15 is 0 Å². The Morgan fingerprint density at radius 1 is 1.30 bits per heavy atom. The third kappa shape index (κ3) is 4.57. The second-order valence-electron chi connectivity index (χ2n) is 4.64. The number of rotatable bonds is 7. The highest BCUT2D eigenvalue weighted by Gasteiger charge is 2.25. The van der Waals surface area contributed by atoms with Crippen molar-refractivity contribution < 1.29 is 19.1 Å². The minimum absolute atomic E-state index is 0.0713. The lowest BCUT2D eigenvalue weighted by Gasteiger charge is -2.13. The van der Waals surface area contributed by atoms with Crippen molar-refractivity contribution >= 4 is 17.5 Å². The number of aryl methyl sites for hydroxylation is 1. The highest BCUT2D eigenvalue weighted by molar-refractivity contribution is 6.09. The molecule has 0 aliphatic heterocycles. The van der Waals surface area contributed by atoms with Crippen LogP contribution in [0.5, 0.6) is 0 Å². The number of esters is 1. The topological polar surface area (TPSA) is 73.3 Å². The standard InChI is InChI=1S/C15H19NO4/c1-4-14(18)20-6-5-13(11(3)17)15(19)12-7-10(2)8-16-9-12/h7-9,13H,4-6H2,1-3H3. The van der Waals surface area contributed by atoms with E-state index in [4.69, 9.17) is 4.74 Å². The van der Waals surface area contributed by atoms with E-state index in [0.717, 1.165) is 5.56 Å².